The third kappa shape index (κ3) is 4.68. The molecule has 1 aromatic heterocycles. The van der Waals surface area contributed by atoms with Gasteiger partial charge in [0.05, 0.1) is 13.1 Å². The largest absolute Gasteiger partial charge is 0.472 e. The minimum atomic E-state index is 0.0213. The number of amides is 1. The fourth-order valence-electron chi connectivity index (χ4n) is 2.33. The van der Waals surface area contributed by atoms with Crippen molar-refractivity contribution in [1.82, 2.24) is 25.4 Å². The molecule has 1 aliphatic heterocycles. The summed E-state index contributed by atoms with van der Waals surface area (Å²) in [4.78, 5) is 16.2. The van der Waals surface area contributed by atoms with Crippen molar-refractivity contribution in [3.05, 3.63) is 5.69 Å². The topological polar surface area (TPSA) is 83.7 Å². The van der Waals surface area contributed by atoms with Gasteiger partial charge < -0.3 is 15.0 Å². The smallest absolute Gasteiger partial charge is 0.278 e. The van der Waals surface area contributed by atoms with Crippen LogP contribution in [0.1, 0.15) is 12.1 Å². The molecule has 21 heavy (non-hydrogen) atoms. The van der Waals surface area contributed by atoms with Gasteiger partial charge in [0.2, 0.25) is 5.91 Å². The molecular weight excluding hydrogens is 274 g/mol. The highest BCUT2D eigenvalue weighted by Gasteiger charge is 2.24. The summed E-state index contributed by atoms with van der Waals surface area (Å²) in [6.45, 7) is 4.89. The van der Waals surface area contributed by atoms with Crippen molar-refractivity contribution in [1.29, 1.82) is 0 Å². The lowest BCUT2D eigenvalue weighted by Gasteiger charge is -2.20. The molecule has 118 valence electrons. The first-order chi connectivity index (χ1) is 10.1. The SMILES string of the molecule is Cc1nonc1OCCNC(=O)CN1CCC(N(C)C)C1. The van der Waals surface area contributed by atoms with E-state index in [4.69, 9.17) is 4.74 Å². The standard InChI is InChI=1S/C13H23N5O3/c1-10-13(16-21-15-10)20-7-5-14-12(19)9-18-6-4-11(8-18)17(2)3/h11H,4-9H2,1-3H3,(H,14,19). The van der Waals surface area contributed by atoms with Gasteiger partial charge in [-0.1, -0.05) is 5.16 Å². The summed E-state index contributed by atoms with van der Waals surface area (Å²) in [5, 5.41) is 10.1. The Hall–Kier alpha value is -1.67. The van der Waals surface area contributed by atoms with E-state index in [-0.39, 0.29) is 5.91 Å². The molecule has 2 heterocycles. The number of hydrogen-bond donors (Lipinski definition) is 1. The van der Waals surface area contributed by atoms with Crippen LogP contribution in [0.5, 0.6) is 5.88 Å². The lowest BCUT2D eigenvalue weighted by molar-refractivity contribution is -0.122. The van der Waals surface area contributed by atoms with Crippen molar-refractivity contribution in [3.8, 4) is 5.88 Å². The summed E-state index contributed by atoms with van der Waals surface area (Å²) in [5.41, 5.74) is 0.605. The van der Waals surface area contributed by atoms with Gasteiger partial charge in [-0.05, 0) is 32.6 Å². The highest BCUT2D eigenvalue weighted by Crippen LogP contribution is 2.12. The third-order valence-electron chi connectivity index (χ3n) is 3.62. The molecule has 2 rings (SSSR count). The Morgan fingerprint density at radius 2 is 2.33 bits per heavy atom. The Bertz CT molecular complexity index is 462. The van der Waals surface area contributed by atoms with Crippen LogP contribution in [0, 0.1) is 6.92 Å². The minimum absolute atomic E-state index is 0.0213. The second-order valence-electron chi connectivity index (χ2n) is 5.49. The zero-order chi connectivity index (χ0) is 15.2. The molecule has 0 bridgehead atoms. The molecule has 0 aliphatic carbocycles. The fraction of sp³-hybridized carbons (Fsp3) is 0.769. The third-order valence-corrected chi connectivity index (χ3v) is 3.62. The van der Waals surface area contributed by atoms with Gasteiger partial charge in [0.25, 0.3) is 5.88 Å². The zero-order valence-corrected chi connectivity index (χ0v) is 12.8. The van der Waals surface area contributed by atoms with Crippen LogP contribution in [-0.2, 0) is 4.79 Å². The van der Waals surface area contributed by atoms with Gasteiger partial charge in [-0.2, -0.15) is 0 Å². The van der Waals surface area contributed by atoms with Crippen molar-refractivity contribution in [2.24, 2.45) is 0 Å². The van der Waals surface area contributed by atoms with E-state index in [1.807, 2.05) is 0 Å². The summed E-state index contributed by atoms with van der Waals surface area (Å²) in [6, 6.07) is 0.545. The van der Waals surface area contributed by atoms with E-state index in [1.165, 1.54) is 0 Å². The predicted molar refractivity (Wildman–Crippen MR) is 76.1 cm³/mol. The van der Waals surface area contributed by atoms with Gasteiger partial charge in [-0.25, -0.2) is 4.63 Å². The summed E-state index contributed by atoms with van der Waals surface area (Å²) in [6.07, 6.45) is 1.11. The highest BCUT2D eigenvalue weighted by molar-refractivity contribution is 5.78. The number of likely N-dealkylation sites (N-methyl/N-ethyl adjacent to an activating group) is 1. The molecule has 8 nitrogen and oxygen atoms in total. The molecule has 1 aromatic rings. The van der Waals surface area contributed by atoms with Crippen LogP contribution in [0.2, 0.25) is 0 Å². The van der Waals surface area contributed by atoms with E-state index in [0.29, 0.717) is 37.3 Å². The number of aromatic nitrogens is 2. The first-order valence-corrected chi connectivity index (χ1v) is 7.13. The molecule has 1 saturated heterocycles. The van der Waals surface area contributed by atoms with E-state index in [9.17, 15) is 4.79 Å². The van der Waals surface area contributed by atoms with Crippen LogP contribution in [-0.4, -0.2) is 78.9 Å². The maximum Gasteiger partial charge on any atom is 0.278 e. The van der Waals surface area contributed by atoms with Gasteiger partial charge >= 0.3 is 0 Å². The van der Waals surface area contributed by atoms with Crippen LogP contribution in [0.3, 0.4) is 0 Å². The number of rotatable bonds is 7. The van der Waals surface area contributed by atoms with Gasteiger partial charge in [0.15, 0.2) is 0 Å². The molecule has 0 radical (unpaired) electrons. The minimum Gasteiger partial charge on any atom is -0.472 e. The molecular formula is C13H23N5O3. The monoisotopic (exact) mass is 297 g/mol. The zero-order valence-electron chi connectivity index (χ0n) is 12.8. The summed E-state index contributed by atoms with van der Waals surface area (Å²) < 4.78 is 9.86. The van der Waals surface area contributed by atoms with Gasteiger partial charge in [-0.3, -0.25) is 9.69 Å². The molecule has 1 aliphatic rings. The lowest BCUT2D eigenvalue weighted by atomic mass is 10.2. The number of aryl methyl sites for hydroxylation is 1. The Kier molecular flexibility index (Phi) is 5.51. The number of nitrogens with one attached hydrogen (secondary N) is 1. The van der Waals surface area contributed by atoms with Gasteiger partial charge in [0.1, 0.15) is 12.3 Å². The number of carbonyl (C=O) groups is 1. The number of ether oxygens (including phenoxy) is 1. The number of carbonyl (C=O) groups excluding carboxylic acids is 1. The van der Waals surface area contributed by atoms with E-state index < -0.39 is 0 Å². The molecule has 8 heteroatoms. The molecule has 1 unspecified atom stereocenters. The first-order valence-electron chi connectivity index (χ1n) is 7.13. The van der Waals surface area contributed by atoms with Crippen LogP contribution in [0.4, 0.5) is 0 Å². The maximum absolute atomic E-state index is 11.8. The Morgan fingerprint density at radius 3 is 2.95 bits per heavy atom. The normalized spacial score (nSPS) is 19.1. The summed E-state index contributed by atoms with van der Waals surface area (Å²) in [5.74, 6) is 0.394. The Balaban J connectivity index is 1.59. The molecule has 0 aromatic carbocycles. The van der Waals surface area contributed by atoms with E-state index in [2.05, 4.69) is 44.2 Å². The maximum atomic E-state index is 11.8. The van der Waals surface area contributed by atoms with Crippen molar-refractivity contribution < 1.29 is 14.2 Å². The van der Waals surface area contributed by atoms with Crippen LogP contribution in [0.25, 0.3) is 0 Å². The molecule has 0 saturated carbocycles. The van der Waals surface area contributed by atoms with Crippen LogP contribution >= 0.6 is 0 Å². The summed E-state index contributed by atoms with van der Waals surface area (Å²) >= 11 is 0. The average molecular weight is 297 g/mol. The van der Waals surface area contributed by atoms with Crippen LogP contribution < -0.4 is 10.1 Å². The van der Waals surface area contributed by atoms with Crippen molar-refractivity contribution >= 4 is 5.91 Å². The van der Waals surface area contributed by atoms with E-state index >= 15 is 0 Å². The number of likely N-dealkylation sites (tertiary alicyclic amines) is 1. The second-order valence-corrected chi connectivity index (χ2v) is 5.49. The number of nitrogens with zero attached hydrogens (tertiary/aromatic N) is 4. The Morgan fingerprint density at radius 1 is 1.52 bits per heavy atom. The predicted octanol–water partition coefficient (Wildman–Crippen LogP) is -0.491. The average Bonchev–Trinajstić information content (AvgIpc) is 3.04. The van der Waals surface area contributed by atoms with Gasteiger partial charge in [-0.15, -0.1) is 0 Å². The molecule has 1 atom stereocenters. The van der Waals surface area contributed by atoms with Crippen molar-refractivity contribution in [3.63, 3.8) is 0 Å². The molecule has 1 amide bonds. The quantitative estimate of drug-likeness (QED) is 0.680. The van der Waals surface area contributed by atoms with Crippen molar-refractivity contribution in [2.45, 2.75) is 19.4 Å². The van der Waals surface area contributed by atoms with Crippen molar-refractivity contribution in [2.75, 3.05) is 46.9 Å². The molecule has 0 spiro atoms. The van der Waals surface area contributed by atoms with Crippen LogP contribution in [0.15, 0.2) is 4.63 Å². The molecule has 1 fully saturated rings. The second kappa shape index (κ2) is 7.37. The fourth-order valence-corrected chi connectivity index (χ4v) is 2.33. The van der Waals surface area contributed by atoms with E-state index in [1.54, 1.807) is 6.92 Å². The van der Waals surface area contributed by atoms with E-state index in [0.717, 1.165) is 19.5 Å². The first kappa shape index (κ1) is 15.7. The van der Waals surface area contributed by atoms with Gasteiger partial charge in [0, 0.05) is 19.1 Å². The number of hydrogen-bond acceptors (Lipinski definition) is 7. The highest BCUT2D eigenvalue weighted by atomic mass is 16.6. The summed E-state index contributed by atoms with van der Waals surface area (Å²) in [7, 11) is 4.15. The lowest BCUT2D eigenvalue weighted by Crippen LogP contribution is -2.39. The Labute approximate surface area is 124 Å². The molecule has 1 N–H and O–H groups in total.